The number of hydrogen-bond acceptors (Lipinski definition) is 5. The van der Waals surface area contributed by atoms with Crippen molar-refractivity contribution in [1.29, 1.82) is 0 Å². The maximum absolute atomic E-state index is 11.5. The molecule has 1 saturated carbocycles. The van der Waals surface area contributed by atoms with Crippen LogP contribution in [0.4, 0.5) is 0 Å². The second-order valence-corrected chi connectivity index (χ2v) is 4.00. The lowest BCUT2D eigenvalue weighted by atomic mass is 10.1. The highest BCUT2D eigenvalue weighted by molar-refractivity contribution is 5.82. The second-order valence-electron chi connectivity index (χ2n) is 4.00. The van der Waals surface area contributed by atoms with Gasteiger partial charge >= 0.3 is 11.9 Å². The second kappa shape index (κ2) is 6.48. The van der Waals surface area contributed by atoms with Crippen LogP contribution >= 0.6 is 0 Å². The van der Waals surface area contributed by atoms with Gasteiger partial charge in [0.2, 0.25) is 0 Å². The fraction of sp³-hybridized carbons (Fsp3) is 0.818. The Hall–Kier alpha value is -1.10. The van der Waals surface area contributed by atoms with E-state index in [4.69, 9.17) is 0 Å². The normalized spacial score (nSPS) is 18.1. The molecule has 0 heterocycles. The summed E-state index contributed by atoms with van der Waals surface area (Å²) < 4.78 is 9.21. The minimum atomic E-state index is -0.583. The molecule has 1 unspecified atom stereocenters. The predicted molar refractivity (Wildman–Crippen MR) is 57.8 cm³/mol. The van der Waals surface area contributed by atoms with E-state index in [1.54, 1.807) is 0 Å². The zero-order valence-corrected chi connectivity index (χ0v) is 9.82. The van der Waals surface area contributed by atoms with Gasteiger partial charge in [-0.05, 0) is 12.8 Å². The fourth-order valence-electron chi connectivity index (χ4n) is 1.98. The predicted octanol–water partition coefficient (Wildman–Crippen LogP) is 0.623. The van der Waals surface area contributed by atoms with Gasteiger partial charge in [-0.3, -0.25) is 9.59 Å². The summed E-state index contributed by atoms with van der Waals surface area (Å²) >= 11 is 0. The van der Waals surface area contributed by atoms with E-state index in [2.05, 4.69) is 14.8 Å². The molecule has 0 saturated heterocycles. The molecule has 0 aromatic carbocycles. The highest BCUT2D eigenvalue weighted by Gasteiger charge is 2.27. The van der Waals surface area contributed by atoms with Gasteiger partial charge in [-0.2, -0.15) is 0 Å². The number of ether oxygens (including phenoxy) is 2. The Balaban J connectivity index is 2.48. The molecule has 1 rings (SSSR count). The minimum absolute atomic E-state index is 0.0275. The van der Waals surface area contributed by atoms with E-state index < -0.39 is 18.0 Å². The first-order valence-electron chi connectivity index (χ1n) is 5.58. The lowest BCUT2D eigenvalue weighted by Gasteiger charge is -2.19. The number of methoxy groups -OCH3 is 2. The highest BCUT2D eigenvalue weighted by atomic mass is 16.5. The number of carbonyl (C=O) groups excluding carboxylic acids is 2. The molecule has 0 amide bonds. The summed E-state index contributed by atoms with van der Waals surface area (Å²) in [6.45, 7) is 0. The summed E-state index contributed by atoms with van der Waals surface area (Å²) in [5, 5.41) is 3.16. The molecule has 0 bridgehead atoms. The van der Waals surface area contributed by atoms with Crippen LogP contribution in [0.5, 0.6) is 0 Å². The first-order chi connectivity index (χ1) is 7.67. The molecular weight excluding hydrogens is 210 g/mol. The number of rotatable bonds is 5. The Morgan fingerprint density at radius 2 is 1.88 bits per heavy atom. The molecule has 5 nitrogen and oxygen atoms in total. The van der Waals surface area contributed by atoms with E-state index >= 15 is 0 Å². The van der Waals surface area contributed by atoms with Crippen molar-refractivity contribution < 1.29 is 19.1 Å². The summed E-state index contributed by atoms with van der Waals surface area (Å²) in [5.41, 5.74) is 0. The van der Waals surface area contributed by atoms with Crippen LogP contribution in [0.2, 0.25) is 0 Å². The lowest BCUT2D eigenvalue weighted by molar-refractivity contribution is -0.149. The summed E-state index contributed by atoms with van der Waals surface area (Å²) in [7, 11) is 2.63. The molecular formula is C11H19NO4. The van der Waals surface area contributed by atoms with Crippen LogP contribution in [0.3, 0.4) is 0 Å². The molecule has 0 spiro atoms. The average molecular weight is 229 g/mol. The van der Waals surface area contributed by atoms with Crippen molar-refractivity contribution in [2.75, 3.05) is 14.2 Å². The quantitative estimate of drug-likeness (QED) is 0.700. The van der Waals surface area contributed by atoms with Crippen LogP contribution in [-0.2, 0) is 19.1 Å². The molecule has 0 aromatic rings. The average Bonchev–Trinajstić information content (AvgIpc) is 2.79. The van der Waals surface area contributed by atoms with Crippen molar-refractivity contribution in [3.05, 3.63) is 0 Å². The highest BCUT2D eigenvalue weighted by Crippen LogP contribution is 2.18. The zero-order chi connectivity index (χ0) is 12.0. The van der Waals surface area contributed by atoms with E-state index in [9.17, 15) is 9.59 Å². The van der Waals surface area contributed by atoms with Crippen molar-refractivity contribution in [2.45, 2.75) is 44.2 Å². The van der Waals surface area contributed by atoms with Crippen LogP contribution < -0.4 is 5.32 Å². The molecule has 5 heteroatoms. The number of carbonyl (C=O) groups is 2. The molecule has 1 aliphatic carbocycles. The number of nitrogens with one attached hydrogen (secondary N) is 1. The lowest BCUT2D eigenvalue weighted by Crippen LogP contribution is -2.44. The fourth-order valence-corrected chi connectivity index (χ4v) is 1.98. The third kappa shape index (κ3) is 3.81. The maximum Gasteiger partial charge on any atom is 0.323 e. The first-order valence-corrected chi connectivity index (χ1v) is 5.58. The van der Waals surface area contributed by atoms with Crippen molar-refractivity contribution in [1.82, 2.24) is 5.32 Å². The maximum atomic E-state index is 11.5. The Bertz CT molecular complexity index is 248. The molecule has 0 radical (unpaired) electrons. The molecule has 1 N–H and O–H groups in total. The van der Waals surface area contributed by atoms with Gasteiger partial charge in [0.25, 0.3) is 0 Å². The van der Waals surface area contributed by atoms with Gasteiger partial charge in [-0.15, -0.1) is 0 Å². The van der Waals surface area contributed by atoms with Crippen LogP contribution in [-0.4, -0.2) is 38.2 Å². The molecule has 92 valence electrons. The van der Waals surface area contributed by atoms with Gasteiger partial charge in [0.15, 0.2) is 0 Å². The van der Waals surface area contributed by atoms with Gasteiger partial charge in [-0.1, -0.05) is 12.8 Å². The number of hydrogen-bond donors (Lipinski definition) is 1. The number of esters is 2. The molecule has 1 aliphatic rings. The molecule has 1 fully saturated rings. The van der Waals surface area contributed by atoms with Crippen molar-refractivity contribution in [3.63, 3.8) is 0 Å². The molecule has 0 aromatic heterocycles. The van der Waals surface area contributed by atoms with Gasteiger partial charge in [0, 0.05) is 6.04 Å². The molecule has 0 aliphatic heterocycles. The first kappa shape index (κ1) is 13.0. The zero-order valence-electron chi connectivity index (χ0n) is 9.82. The SMILES string of the molecule is COC(=O)CC(NC1CCCC1)C(=O)OC. The van der Waals surface area contributed by atoms with Crippen molar-refractivity contribution in [2.24, 2.45) is 0 Å². The van der Waals surface area contributed by atoms with Crippen molar-refractivity contribution >= 4 is 11.9 Å². The third-order valence-corrected chi connectivity index (χ3v) is 2.88. The van der Waals surface area contributed by atoms with Gasteiger partial charge in [0.05, 0.1) is 20.6 Å². The van der Waals surface area contributed by atoms with Crippen LogP contribution in [0, 0.1) is 0 Å². The topological polar surface area (TPSA) is 64.6 Å². The standard InChI is InChI=1S/C11H19NO4/c1-15-10(13)7-9(11(14)16-2)12-8-5-3-4-6-8/h8-9,12H,3-7H2,1-2H3. The van der Waals surface area contributed by atoms with E-state index in [1.165, 1.54) is 27.1 Å². The minimum Gasteiger partial charge on any atom is -0.469 e. The summed E-state index contributed by atoms with van der Waals surface area (Å²) in [6.07, 6.45) is 4.47. The Labute approximate surface area is 95.5 Å². The Kier molecular flexibility index (Phi) is 5.25. The summed E-state index contributed by atoms with van der Waals surface area (Å²) in [5.74, 6) is -0.807. The van der Waals surface area contributed by atoms with Crippen LogP contribution in [0.15, 0.2) is 0 Å². The molecule has 1 atom stereocenters. The van der Waals surface area contributed by atoms with Crippen LogP contribution in [0.25, 0.3) is 0 Å². The van der Waals surface area contributed by atoms with E-state index in [0.717, 1.165) is 12.8 Å². The largest absolute Gasteiger partial charge is 0.469 e. The summed E-state index contributed by atoms with van der Waals surface area (Å²) in [6, 6.07) is -0.269. The van der Waals surface area contributed by atoms with Gasteiger partial charge < -0.3 is 14.8 Å². The van der Waals surface area contributed by atoms with Crippen LogP contribution in [0.1, 0.15) is 32.1 Å². The summed E-state index contributed by atoms with van der Waals surface area (Å²) in [4.78, 5) is 22.6. The van der Waals surface area contributed by atoms with Crippen molar-refractivity contribution in [3.8, 4) is 0 Å². The molecule has 16 heavy (non-hydrogen) atoms. The van der Waals surface area contributed by atoms with Gasteiger partial charge in [-0.25, -0.2) is 0 Å². The Morgan fingerprint density at radius 3 is 2.38 bits per heavy atom. The van der Waals surface area contributed by atoms with E-state index in [0.29, 0.717) is 6.04 Å². The smallest absolute Gasteiger partial charge is 0.323 e. The van der Waals surface area contributed by atoms with E-state index in [1.807, 2.05) is 0 Å². The monoisotopic (exact) mass is 229 g/mol. The third-order valence-electron chi connectivity index (χ3n) is 2.88. The Morgan fingerprint density at radius 1 is 1.25 bits per heavy atom. The van der Waals surface area contributed by atoms with E-state index in [-0.39, 0.29) is 6.42 Å². The van der Waals surface area contributed by atoms with Gasteiger partial charge in [0.1, 0.15) is 6.04 Å².